The van der Waals surface area contributed by atoms with Crippen molar-refractivity contribution in [3.05, 3.63) is 53.1 Å². The van der Waals surface area contributed by atoms with Crippen LogP contribution in [0.3, 0.4) is 0 Å². The molecule has 0 aliphatic carbocycles. The summed E-state index contributed by atoms with van der Waals surface area (Å²) in [6.45, 7) is 6.87. The summed E-state index contributed by atoms with van der Waals surface area (Å²) in [5.74, 6) is 2.15. The fraction of sp³-hybridized carbons (Fsp3) is 0.440. The van der Waals surface area contributed by atoms with E-state index in [0.717, 1.165) is 16.9 Å². The van der Waals surface area contributed by atoms with Crippen molar-refractivity contribution >= 4 is 11.7 Å². The van der Waals surface area contributed by atoms with Gasteiger partial charge in [0.25, 0.3) is 5.91 Å². The van der Waals surface area contributed by atoms with Gasteiger partial charge in [0.1, 0.15) is 22.8 Å². The minimum absolute atomic E-state index is 0.0553. The zero-order chi connectivity index (χ0) is 22.2. The van der Waals surface area contributed by atoms with Gasteiger partial charge in [0.15, 0.2) is 11.9 Å². The number of piperidine rings is 1. The molecular weight excluding hydrogens is 394 g/mol. The number of hydrogen-bond donors (Lipinski definition) is 0. The van der Waals surface area contributed by atoms with Crippen LogP contribution in [0.2, 0.25) is 0 Å². The van der Waals surface area contributed by atoms with Gasteiger partial charge in [0.2, 0.25) is 0 Å². The molecule has 0 N–H and O–H groups in total. The minimum Gasteiger partial charge on any atom is -0.497 e. The number of hydrogen-bond acceptors (Lipinski definition) is 5. The van der Waals surface area contributed by atoms with Gasteiger partial charge in [0.05, 0.1) is 19.1 Å². The zero-order valence-electron chi connectivity index (χ0n) is 18.6. The number of ether oxygens (including phenoxy) is 3. The molecule has 2 aliphatic rings. The highest BCUT2D eigenvalue weighted by atomic mass is 16.5. The van der Waals surface area contributed by atoms with Crippen LogP contribution in [0.25, 0.3) is 0 Å². The number of benzene rings is 2. The Morgan fingerprint density at radius 1 is 1.06 bits per heavy atom. The van der Waals surface area contributed by atoms with Crippen LogP contribution in [0, 0.1) is 13.8 Å². The molecule has 2 aromatic rings. The molecule has 2 aromatic carbocycles. The van der Waals surface area contributed by atoms with Crippen molar-refractivity contribution in [2.45, 2.75) is 51.7 Å². The Bertz CT molecular complexity index is 990. The first-order chi connectivity index (χ1) is 14.8. The van der Waals surface area contributed by atoms with Gasteiger partial charge in [-0.3, -0.25) is 9.59 Å². The van der Waals surface area contributed by atoms with Crippen molar-refractivity contribution in [1.82, 2.24) is 4.90 Å². The zero-order valence-corrected chi connectivity index (χ0v) is 18.6. The lowest BCUT2D eigenvalue weighted by Crippen LogP contribution is -2.54. The van der Waals surface area contributed by atoms with Crippen LogP contribution in [0.4, 0.5) is 0 Å². The fourth-order valence-corrected chi connectivity index (χ4v) is 4.36. The molecule has 164 valence electrons. The van der Waals surface area contributed by atoms with E-state index in [9.17, 15) is 9.59 Å². The van der Waals surface area contributed by atoms with Crippen molar-refractivity contribution < 1.29 is 23.8 Å². The third-order valence-electron chi connectivity index (χ3n) is 6.48. The van der Waals surface area contributed by atoms with E-state index < -0.39 is 11.7 Å². The molecule has 1 saturated heterocycles. The van der Waals surface area contributed by atoms with Crippen LogP contribution in [-0.4, -0.2) is 48.5 Å². The van der Waals surface area contributed by atoms with E-state index in [2.05, 4.69) is 0 Å². The first-order valence-electron chi connectivity index (χ1n) is 10.7. The Kier molecular flexibility index (Phi) is 5.65. The Balaban J connectivity index is 1.40. The molecule has 0 bridgehead atoms. The number of likely N-dealkylation sites (tertiary alicyclic amines) is 1. The molecule has 1 amide bonds. The topological polar surface area (TPSA) is 65.1 Å². The average Bonchev–Trinajstić information content (AvgIpc) is 2.77. The van der Waals surface area contributed by atoms with Crippen molar-refractivity contribution in [3.63, 3.8) is 0 Å². The number of amides is 1. The molecule has 0 saturated carbocycles. The lowest BCUT2D eigenvalue weighted by atomic mass is 9.81. The number of ketones is 1. The minimum atomic E-state index is -0.595. The lowest BCUT2D eigenvalue weighted by molar-refractivity contribution is -0.141. The van der Waals surface area contributed by atoms with Crippen LogP contribution in [0.5, 0.6) is 17.2 Å². The molecule has 1 unspecified atom stereocenters. The fourth-order valence-electron chi connectivity index (χ4n) is 4.36. The van der Waals surface area contributed by atoms with Crippen LogP contribution < -0.4 is 14.2 Å². The summed E-state index contributed by atoms with van der Waals surface area (Å²) >= 11 is 0. The SMILES string of the molecule is COc1ccc(OC(C)C(=O)N2CCC3(CC2)CC(=O)c2ccc(C)c(C)c2O3)cc1. The predicted octanol–water partition coefficient (Wildman–Crippen LogP) is 4.11. The first kappa shape index (κ1) is 21.2. The average molecular weight is 424 g/mol. The van der Waals surface area contributed by atoms with Gasteiger partial charge < -0.3 is 19.1 Å². The summed E-state index contributed by atoms with van der Waals surface area (Å²) in [4.78, 5) is 27.5. The molecule has 0 radical (unpaired) electrons. The van der Waals surface area contributed by atoms with E-state index in [1.165, 1.54) is 0 Å². The molecule has 6 nitrogen and oxygen atoms in total. The normalized spacial score (nSPS) is 18.2. The summed E-state index contributed by atoms with van der Waals surface area (Å²) in [6, 6.07) is 11.0. The maximum Gasteiger partial charge on any atom is 0.263 e. The van der Waals surface area contributed by atoms with E-state index >= 15 is 0 Å². The van der Waals surface area contributed by atoms with Gasteiger partial charge in [0, 0.05) is 25.9 Å². The first-order valence-corrected chi connectivity index (χ1v) is 10.7. The van der Waals surface area contributed by atoms with Crippen molar-refractivity contribution in [2.24, 2.45) is 0 Å². The number of methoxy groups -OCH3 is 1. The number of fused-ring (bicyclic) bond motifs is 1. The molecule has 2 heterocycles. The number of aryl methyl sites for hydroxylation is 1. The lowest BCUT2D eigenvalue weighted by Gasteiger charge is -2.44. The van der Waals surface area contributed by atoms with Gasteiger partial charge in [-0.2, -0.15) is 0 Å². The maximum absolute atomic E-state index is 12.9. The monoisotopic (exact) mass is 423 g/mol. The Hall–Kier alpha value is -3.02. The van der Waals surface area contributed by atoms with Gasteiger partial charge in [-0.1, -0.05) is 6.07 Å². The second kappa shape index (κ2) is 8.25. The Morgan fingerprint density at radius 2 is 1.71 bits per heavy atom. The molecular formula is C25H29NO5. The largest absolute Gasteiger partial charge is 0.497 e. The van der Waals surface area contributed by atoms with E-state index in [0.29, 0.717) is 49.4 Å². The highest BCUT2D eigenvalue weighted by Gasteiger charge is 2.44. The molecule has 1 fully saturated rings. The summed E-state index contributed by atoms with van der Waals surface area (Å²) in [6.07, 6.45) is 1.03. The number of carbonyl (C=O) groups is 2. The quantitative estimate of drug-likeness (QED) is 0.741. The maximum atomic E-state index is 12.9. The Labute approximate surface area is 183 Å². The highest BCUT2D eigenvalue weighted by molar-refractivity contribution is 6.01. The van der Waals surface area contributed by atoms with Crippen LogP contribution in [0.1, 0.15) is 47.7 Å². The van der Waals surface area contributed by atoms with Crippen molar-refractivity contribution in [3.8, 4) is 17.2 Å². The van der Waals surface area contributed by atoms with E-state index in [1.54, 1.807) is 38.3 Å². The third-order valence-corrected chi connectivity index (χ3v) is 6.48. The summed E-state index contributed by atoms with van der Waals surface area (Å²) in [5.41, 5.74) is 2.28. The summed E-state index contributed by atoms with van der Waals surface area (Å²) in [7, 11) is 1.61. The number of Topliss-reactive ketones (excluding diaryl/α,β-unsaturated/α-hetero) is 1. The number of carbonyl (C=O) groups excluding carboxylic acids is 2. The highest BCUT2D eigenvalue weighted by Crippen LogP contribution is 2.41. The molecule has 31 heavy (non-hydrogen) atoms. The van der Waals surface area contributed by atoms with E-state index in [-0.39, 0.29) is 11.7 Å². The number of nitrogens with zero attached hydrogens (tertiary/aromatic N) is 1. The van der Waals surface area contributed by atoms with Crippen LogP contribution >= 0.6 is 0 Å². The summed E-state index contributed by atoms with van der Waals surface area (Å²) < 4.78 is 17.4. The van der Waals surface area contributed by atoms with E-state index in [1.807, 2.05) is 30.9 Å². The molecule has 0 aromatic heterocycles. The predicted molar refractivity (Wildman–Crippen MR) is 117 cm³/mol. The molecule has 2 aliphatic heterocycles. The standard InChI is InChI=1S/C25H29NO5/c1-16-5-10-21-22(27)15-25(31-23(21)17(16)2)11-13-26(14-12-25)24(28)18(3)30-20-8-6-19(29-4)7-9-20/h5-10,18H,11-15H2,1-4H3. The molecule has 6 heteroatoms. The van der Waals surface area contributed by atoms with Gasteiger partial charge in [-0.15, -0.1) is 0 Å². The summed E-state index contributed by atoms with van der Waals surface area (Å²) in [5, 5.41) is 0. The smallest absolute Gasteiger partial charge is 0.263 e. The third kappa shape index (κ3) is 4.11. The van der Waals surface area contributed by atoms with E-state index in [4.69, 9.17) is 14.2 Å². The van der Waals surface area contributed by atoms with Crippen LogP contribution in [-0.2, 0) is 4.79 Å². The Morgan fingerprint density at radius 3 is 2.35 bits per heavy atom. The van der Waals surface area contributed by atoms with Crippen molar-refractivity contribution in [2.75, 3.05) is 20.2 Å². The second-order valence-electron chi connectivity index (χ2n) is 8.53. The number of rotatable bonds is 4. The van der Waals surface area contributed by atoms with Crippen molar-refractivity contribution in [1.29, 1.82) is 0 Å². The van der Waals surface area contributed by atoms with Gasteiger partial charge in [-0.25, -0.2) is 0 Å². The van der Waals surface area contributed by atoms with Crippen LogP contribution in [0.15, 0.2) is 36.4 Å². The molecule has 1 spiro atoms. The van der Waals surface area contributed by atoms with Gasteiger partial charge in [-0.05, 0) is 62.2 Å². The second-order valence-corrected chi connectivity index (χ2v) is 8.53. The van der Waals surface area contributed by atoms with Gasteiger partial charge >= 0.3 is 0 Å². The molecule has 1 atom stereocenters. The molecule has 4 rings (SSSR count).